The molecule has 8 N–H and O–H groups in total. The third-order valence-corrected chi connectivity index (χ3v) is 8.54. The summed E-state index contributed by atoms with van der Waals surface area (Å²) in [4.78, 5) is 53.3. The average molecular weight is 589 g/mol. The molecule has 43 heavy (non-hydrogen) atoms. The molecule has 0 bridgehead atoms. The van der Waals surface area contributed by atoms with Gasteiger partial charge in [-0.1, -0.05) is 18.2 Å². The number of hydrogen-bond acceptors (Lipinski definition) is 9. The number of allylic oxidation sites excluding steroid dienone is 1. The molecule has 0 radical (unpaired) electrons. The summed E-state index contributed by atoms with van der Waals surface area (Å²) >= 11 is 0. The minimum Gasteiger partial charge on any atom is -0.510 e. The highest BCUT2D eigenvalue weighted by atomic mass is 16.3. The SMILES string of the molecule is CN(C)[C@@H]1C(O)=C(C(N)=O)C(=O)C2C(=O)C3=C(O)c4c(O)ccc(-c5ccc(NC(=O)CC(C)(C)N)cc5)c4CC3CC21. The zero-order valence-corrected chi connectivity index (χ0v) is 24.5. The molecule has 11 nitrogen and oxygen atoms in total. The van der Waals surface area contributed by atoms with Gasteiger partial charge in [0.15, 0.2) is 11.6 Å². The molecule has 3 aliphatic carbocycles. The van der Waals surface area contributed by atoms with Crippen LogP contribution in [0.5, 0.6) is 5.75 Å². The fourth-order valence-electron chi connectivity index (χ4n) is 6.89. The van der Waals surface area contributed by atoms with Crippen molar-refractivity contribution in [1.29, 1.82) is 0 Å². The van der Waals surface area contributed by atoms with Crippen LogP contribution in [-0.4, -0.2) is 69.3 Å². The standard InChI is InChI=1S/C32H36N4O7/c1-32(2,34)13-21(38)35-16-7-5-14(6-8-16)17-9-10-20(37)23-18(17)11-15-12-19-24(28(40)22(15)27(23)39)29(41)25(31(33)43)30(42)26(19)36(3)4/h5-10,15,19,24,26,37,39,42H,11-13,34H2,1-4H3,(H2,33,43)(H,35,38)/t15?,19?,24?,26-/m0/s1. The highest BCUT2D eigenvalue weighted by Gasteiger charge is 2.55. The molecule has 0 aliphatic heterocycles. The van der Waals surface area contributed by atoms with E-state index in [1.807, 2.05) is 12.1 Å². The number of amides is 2. The van der Waals surface area contributed by atoms with Gasteiger partial charge in [0.05, 0.1) is 17.5 Å². The summed E-state index contributed by atoms with van der Waals surface area (Å²) in [5, 5.41) is 36.0. The molecule has 11 heteroatoms. The number of phenols is 1. The van der Waals surface area contributed by atoms with E-state index in [2.05, 4.69) is 5.32 Å². The van der Waals surface area contributed by atoms with Crippen LogP contribution in [0.1, 0.15) is 37.8 Å². The van der Waals surface area contributed by atoms with Crippen LogP contribution in [0.15, 0.2) is 53.3 Å². The van der Waals surface area contributed by atoms with Gasteiger partial charge in [0.2, 0.25) is 5.91 Å². The molecule has 0 heterocycles. The second-order valence-corrected chi connectivity index (χ2v) is 12.6. The zero-order chi connectivity index (χ0) is 31.5. The maximum absolute atomic E-state index is 13.9. The molecule has 1 fully saturated rings. The molecule has 1 saturated carbocycles. The number of aliphatic hydroxyl groups excluding tert-OH is 2. The average Bonchev–Trinajstić information content (AvgIpc) is 2.87. The van der Waals surface area contributed by atoms with Gasteiger partial charge < -0.3 is 32.1 Å². The van der Waals surface area contributed by atoms with Crippen molar-refractivity contribution < 1.29 is 34.5 Å². The van der Waals surface area contributed by atoms with Crippen molar-refractivity contribution in [2.75, 3.05) is 19.4 Å². The number of ketones is 2. The Hall–Kier alpha value is -4.48. The van der Waals surface area contributed by atoms with E-state index in [0.717, 1.165) is 11.1 Å². The summed E-state index contributed by atoms with van der Waals surface area (Å²) in [6.07, 6.45) is 0.685. The Kier molecular flexibility index (Phi) is 7.43. The fourth-order valence-corrected chi connectivity index (χ4v) is 6.89. The van der Waals surface area contributed by atoms with E-state index in [-0.39, 0.29) is 42.1 Å². The number of Topliss-reactive ketones (excluding diaryl/α,β-unsaturated/α-hetero) is 2. The lowest BCUT2D eigenvalue weighted by molar-refractivity contribution is -0.136. The van der Waals surface area contributed by atoms with Gasteiger partial charge in [-0.3, -0.25) is 24.1 Å². The first-order valence-corrected chi connectivity index (χ1v) is 14.1. The number of nitrogens with one attached hydrogen (secondary N) is 1. The van der Waals surface area contributed by atoms with Crippen molar-refractivity contribution in [3.8, 4) is 16.9 Å². The van der Waals surface area contributed by atoms with Gasteiger partial charge in [-0.2, -0.15) is 0 Å². The largest absolute Gasteiger partial charge is 0.510 e. The molecule has 3 unspecified atom stereocenters. The summed E-state index contributed by atoms with van der Waals surface area (Å²) < 4.78 is 0. The van der Waals surface area contributed by atoms with Gasteiger partial charge in [0, 0.05) is 23.2 Å². The van der Waals surface area contributed by atoms with Gasteiger partial charge >= 0.3 is 0 Å². The quantitative estimate of drug-likeness (QED) is 0.217. The summed E-state index contributed by atoms with van der Waals surface area (Å²) in [7, 11) is 3.35. The summed E-state index contributed by atoms with van der Waals surface area (Å²) in [5.74, 6) is -6.40. The Labute approximate surface area is 248 Å². The number of nitrogens with zero attached hydrogens (tertiary/aromatic N) is 1. The van der Waals surface area contributed by atoms with Crippen LogP contribution in [0.2, 0.25) is 0 Å². The van der Waals surface area contributed by atoms with Crippen LogP contribution in [-0.2, 0) is 25.6 Å². The van der Waals surface area contributed by atoms with E-state index in [9.17, 15) is 34.5 Å². The number of primary amides is 1. The molecule has 0 saturated heterocycles. The second kappa shape index (κ2) is 10.7. The number of likely N-dealkylation sites (N-methyl/N-ethyl adjacent to an activating group) is 1. The van der Waals surface area contributed by atoms with E-state index in [1.165, 1.54) is 6.07 Å². The van der Waals surface area contributed by atoms with E-state index in [0.29, 0.717) is 11.3 Å². The topological polar surface area (TPSA) is 196 Å². The molecule has 5 rings (SSSR count). The number of phenolic OH excluding ortho intramolecular Hbond substituents is 1. The monoisotopic (exact) mass is 588 g/mol. The van der Waals surface area contributed by atoms with Crippen molar-refractivity contribution in [2.24, 2.45) is 29.2 Å². The van der Waals surface area contributed by atoms with Gasteiger partial charge in [0.1, 0.15) is 22.8 Å². The van der Waals surface area contributed by atoms with E-state index < -0.39 is 63.9 Å². The highest BCUT2D eigenvalue weighted by Crippen LogP contribution is 2.51. The molecule has 2 amide bonds. The normalized spacial score (nSPS) is 23.6. The number of aliphatic hydroxyl groups is 2. The number of fused-ring (bicyclic) bond motifs is 3. The number of carbonyl (C=O) groups excluding carboxylic acids is 4. The lowest BCUT2D eigenvalue weighted by Crippen LogP contribution is -2.55. The van der Waals surface area contributed by atoms with Crippen molar-refractivity contribution in [3.63, 3.8) is 0 Å². The van der Waals surface area contributed by atoms with Crippen LogP contribution in [0, 0.1) is 17.8 Å². The number of nitrogens with two attached hydrogens (primary N) is 2. The fraction of sp³-hybridized carbons (Fsp3) is 0.375. The molecule has 3 aliphatic rings. The summed E-state index contributed by atoms with van der Waals surface area (Å²) in [6.45, 7) is 3.53. The van der Waals surface area contributed by atoms with Crippen LogP contribution < -0.4 is 16.8 Å². The van der Waals surface area contributed by atoms with Crippen molar-refractivity contribution in [2.45, 2.75) is 44.7 Å². The molecular formula is C32H36N4O7. The number of hydrogen-bond donors (Lipinski definition) is 6. The Bertz CT molecular complexity index is 1620. The smallest absolute Gasteiger partial charge is 0.255 e. The molecule has 226 valence electrons. The van der Waals surface area contributed by atoms with Crippen molar-refractivity contribution in [1.82, 2.24) is 4.90 Å². The van der Waals surface area contributed by atoms with Crippen LogP contribution in [0.4, 0.5) is 5.69 Å². The maximum atomic E-state index is 13.9. The zero-order valence-electron chi connectivity index (χ0n) is 24.5. The first kappa shape index (κ1) is 30.0. The first-order chi connectivity index (χ1) is 20.1. The van der Waals surface area contributed by atoms with Crippen LogP contribution in [0.3, 0.4) is 0 Å². The lowest BCUT2D eigenvalue weighted by atomic mass is 9.59. The third kappa shape index (κ3) is 5.19. The minimum absolute atomic E-state index is 0.0261. The number of rotatable bonds is 6. The van der Waals surface area contributed by atoms with E-state index >= 15 is 0 Å². The predicted molar refractivity (Wildman–Crippen MR) is 160 cm³/mol. The number of aromatic hydroxyl groups is 1. The Morgan fingerprint density at radius 3 is 2.26 bits per heavy atom. The van der Waals surface area contributed by atoms with Crippen LogP contribution >= 0.6 is 0 Å². The van der Waals surface area contributed by atoms with Gasteiger partial charge in [0.25, 0.3) is 5.91 Å². The van der Waals surface area contributed by atoms with Crippen LogP contribution in [0.25, 0.3) is 16.9 Å². The molecule has 0 aromatic heterocycles. The minimum atomic E-state index is -1.31. The van der Waals surface area contributed by atoms with E-state index in [4.69, 9.17) is 11.5 Å². The second-order valence-electron chi connectivity index (χ2n) is 12.6. The van der Waals surface area contributed by atoms with Gasteiger partial charge in [-0.05, 0) is 87.5 Å². The number of benzene rings is 2. The maximum Gasteiger partial charge on any atom is 0.255 e. The molecular weight excluding hydrogens is 552 g/mol. The number of anilines is 1. The molecule has 0 spiro atoms. The Morgan fingerprint density at radius 1 is 1.02 bits per heavy atom. The Morgan fingerprint density at radius 2 is 1.67 bits per heavy atom. The number of carbonyl (C=O) groups is 4. The lowest BCUT2D eigenvalue weighted by Gasteiger charge is -2.46. The summed E-state index contributed by atoms with van der Waals surface area (Å²) in [6, 6.07) is 9.46. The third-order valence-electron chi connectivity index (χ3n) is 8.54. The molecule has 2 aromatic rings. The van der Waals surface area contributed by atoms with Gasteiger partial charge in [-0.15, -0.1) is 0 Å². The van der Waals surface area contributed by atoms with Crippen molar-refractivity contribution >= 4 is 34.8 Å². The predicted octanol–water partition coefficient (Wildman–Crippen LogP) is 2.58. The molecule has 2 aromatic carbocycles. The summed E-state index contributed by atoms with van der Waals surface area (Å²) in [5.41, 5.74) is 12.9. The molecule has 4 atom stereocenters. The van der Waals surface area contributed by atoms with E-state index in [1.54, 1.807) is 51.0 Å². The van der Waals surface area contributed by atoms with Crippen molar-refractivity contribution in [3.05, 3.63) is 64.4 Å². The first-order valence-electron chi connectivity index (χ1n) is 14.1. The Balaban J connectivity index is 1.54. The van der Waals surface area contributed by atoms with Gasteiger partial charge in [-0.25, -0.2) is 0 Å². The highest BCUT2D eigenvalue weighted by molar-refractivity contribution is 6.28.